The molecular formula is C40H49Cl3F4N5O13PS. The van der Waals surface area contributed by atoms with Gasteiger partial charge in [-0.15, -0.1) is 16.7 Å². The molecule has 27 heteroatoms. The zero-order chi connectivity index (χ0) is 50.9. The van der Waals surface area contributed by atoms with Crippen molar-refractivity contribution < 1.29 is 75.6 Å². The number of hydrogen-bond donors (Lipinski definition) is 4. The highest BCUT2D eigenvalue weighted by Crippen LogP contribution is 2.39. The number of esters is 1. The number of nitrogens with one attached hydrogen (secondary N) is 1. The standard InChI is InChI=1S/C21H23ClFNO5.C13H10Cl2F3N3O3.C3H8NO5P.C3H9S/c1-2-3-6-9-28-19(25)12-29-18-11-17(16(23)10-15(18)22)24-20(26)13-7-4-5-8-14(13)21(24)27;1-5-19-21(13(24)20(5)12(17)18)10-3-6(2-8(15)11(22)23)7(14)4-9(10)16;5-3(6)1-4-2-10(7,8)9;1-4(2)3/h10-11H,2-9,12H2,1H3;3-4,8,12H,2H2,1H3,(H,22,23);4H,1-2H2,(H,5,6)(H2,7,8,9);1-3H3/q;;;+1/p-1. The third kappa shape index (κ3) is 18.5. The first-order valence-corrected chi connectivity index (χ1v) is 25.3. The van der Waals surface area contributed by atoms with E-state index >= 15 is 0 Å². The molecule has 3 aromatic rings. The van der Waals surface area contributed by atoms with Crippen molar-refractivity contribution >= 4 is 88.7 Å². The average Bonchev–Trinajstić information content (AvgIpc) is 3.66. The van der Waals surface area contributed by atoms with Gasteiger partial charge < -0.3 is 34.0 Å². The Kier molecular flexibility index (Phi) is 24.1. The number of aryl methyl sites for hydroxylation is 1. The molecule has 2 unspecified atom stereocenters. The molecule has 0 saturated heterocycles. The molecule has 18 nitrogen and oxygen atoms in total. The molecule has 372 valence electrons. The van der Waals surface area contributed by atoms with Crippen LogP contribution in [0.4, 0.5) is 23.2 Å². The lowest BCUT2D eigenvalue weighted by atomic mass is 9.93. The van der Waals surface area contributed by atoms with Gasteiger partial charge in [0.25, 0.3) is 11.8 Å². The van der Waals surface area contributed by atoms with Crippen molar-refractivity contribution in [2.24, 2.45) is 0 Å². The first-order chi connectivity index (χ1) is 31.2. The van der Waals surface area contributed by atoms with Gasteiger partial charge in [-0.3, -0.25) is 24.5 Å². The number of carbonyl (C=O) groups excluding carboxylic acids is 3. The molecule has 0 bridgehead atoms. The molecule has 67 heavy (non-hydrogen) atoms. The van der Waals surface area contributed by atoms with Gasteiger partial charge in [-0.1, -0.05) is 43.0 Å². The Morgan fingerprint density at radius 1 is 0.955 bits per heavy atom. The third-order valence-corrected chi connectivity index (χ3v) is 10.4. The first-order valence-electron chi connectivity index (χ1n) is 19.9. The monoisotopic (exact) mass is 1050 g/mol. The van der Waals surface area contributed by atoms with Crippen LogP contribution in [0.1, 0.15) is 69.8 Å². The summed E-state index contributed by atoms with van der Waals surface area (Å²) < 4.78 is 75.2. The zero-order valence-electron chi connectivity index (χ0n) is 36.7. The summed E-state index contributed by atoms with van der Waals surface area (Å²) in [7, 11) is -3.71. The molecule has 0 saturated carbocycles. The Hall–Kier alpha value is -4.48. The van der Waals surface area contributed by atoms with E-state index in [0.717, 1.165) is 62.1 Å². The molecule has 2 aromatic carbocycles. The fourth-order valence-electron chi connectivity index (χ4n) is 5.82. The highest BCUT2D eigenvalue weighted by atomic mass is 35.5. The number of amides is 2. The number of aromatic nitrogens is 3. The maximum Gasteiger partial charge on any atom is 0.355 e. The average molecular weight is 1050 g/mol. The van der Waals surface area contributed by atoms with Crippen LogP contribution in [0.5, 0.6) is 5.75 Å². The lowest BCUT2D eigenvalue weighted by Crippen LogP contribution is -2.32. The van der Waals surface area contributed by atoms with E-state index in [1.165, 1.54) is 6.07 Å². The van der Waals surface area contributed by atoms with E-state index in [9.17, 15) is 55.8 Å². The van der Waals surface area contributed by atoms with Gasteiger partial charge in [0.15, 0.2) is 12.4 Å². The second-order valence-electron chi connectivity index (χ2n) is 14.7. The second kappa shape index (κ2) is 27.5. The SMILES string of the molecule is CCCCCOC(=O)COc1cc(N2C(=O)C3=C(CCCC3)C2=O)c(F)cc1Cl.C[S+](C)C.Cc1nn(-c2cc(CC(Cl)C(=O)O)c(Cl)cc2F)c(=O)n1C(F)F.O=C(O)CNCP(=O)([O-])O. The van der Waals surface area contributed by atoms with Gasteiger partial charge in [0.05, 0.1) is 48.9 Å². The van der Waals surface area contributed by atoms with Crippen LogP contribution in [0.15, 0.2) is 40.2 Å². The topological polar surface area (TPSA) is 260 Å². The minimum absolute atomic E-state index is 0.000883. The summed E-state index contributed by atoms with van der Waals surface area (Å²) in [6, 6.07) is 4.04. The van der Waals surface area contributed by atoms with Crippen molar-refractivity contribution in [1.82, 2.24) is 19.7 Å². The summed E-state index contributed by atoms with van der Waals surface area (Å²) in [6.45, 7) is -0.522. The fraction of sp³-hybridized carbons (Fsp3) is 0.475. The number of aliphatic carboxylic acids is 2. The van der Waals surface area contributed by atoms with Crippen LogP contribution in [0.3, 0.4) is 0 Å². The van der Waals surface area contributed by atoms with Crippen molar-refractivity contribution in [1.29, 1.82) is 0 Å². The van der Waals surface area contributed by atoms with Gasteiger partial charge >= 0.3 is 30.1 Å². The summed E-state index contributed by atoms with van der Waals surface area (Å²) in [5.74, 6) is -6.18. The van der Waals surface area contributed by atoms with Crippen molar-refractivity contribution in [3.63, 3.8) is 0 Å². The van der Waals surface area contributed by atoms with Crippen molar-refractivity contribution in [2.45, 2.75) is 77.1 Å². The number of carboxylic acids is 2. The number of anilines is 1. The largest absolute Gasteiger partial charge is 0.778 e. The number of ether oxygens (including phenoxy) is 2. The molecule has 5 rings (SSSR count). The van der Waals surface area contributed by atoms with Crippen LogP contribution >= 0.6 is 42.4 Å². The number of nitrogens with zero attached hydrogens (tertiary/aromatic N) is 4. The Bertz CT molecular complexity index is 2370. The van der Waals surface area contributed by atoms with Gasteiger partial charge in [-0.05, 0) is 73.7 Å². The normalized spacial score (nSPS) is 14.5. The van der Waals surface area contributed by atoms with E-state index in [0.29, 0.717) is 46.2 Å². The lowest BCUT2D eigenvalue weighted by molar-refractivity contribution is -0.193. The molecule has 1 aliphatic carbocycles. The van der Waals surface area contributed by atoms with E-state index in [2.05, 4.69) is 23.9 Å². The molecule has 2 heterocycles. The number of unbranched alkanes of at least 4 members (excludes halogenated alkanes) is 2. The van der Waals surface area contributed by atoms with Crippen LogP contribution in [-0.4, -0.2) is 109 Å². The number of halogens is 7. The molecule has 2 aliphatic rings. The number of alkyl halides is 3. The van der Waals surface area contributed by atoms with Gasteiger partial charge in [-0.2, -0.15) is 13.5 Å². The molecule has 1 aliphatic heterocycles. The minimum atomic E-state index is -4.35. The van der Waals surface area contributed by atoms with E-state index in [1.54, 1.807) is 0 Å². The van der Waals surface area contributed by atoms with Crippen LogP contribution in [-0.2, 0) is 50.6 Å². The summed E-state index contributed by atoms with van der Waals surface area (Å²) in [5.41, 5.74) is -0.870. The van der Waals surface area contributed by atoms with E-state index in [-0.39, 0.29) is 43.9 Å². The van der Waals surface area contributed by atoms with Crippen LogP contribution in [0.25, 0.3) is 5.69 Å². The molecule has 4 N–H and O–H groups in total. The molecule has 0 radical (unpaired) electrons. The third-order valence-electron chi connectivity index (χ3n) is 8.76. The molecular weight excluding hydrogens is 1000 g/mol. The molecule has 2 amide bonds. The number of carbonyl (C=O) groups is 5. The quantitative estimate of drug-likeness (QED) is 0.0238. The molecule has 0 fully saturated rings. The Morgan fingerprint density at radius 3 is 2.00 bits per heavy atom. The molecule has 2 atom stereocenters. The molecule has 1 aromatic heterocycles. The number of hydrogen-bond acceptors (Lipinski definition) is 12. The maximum absolute atomic E-state index is 14.5. The predicted molar refractivity (Wildman–Crippen MR) is 241 cm³/mol. The van der Waals surface area contributed by atoms with Crippen LogP contribution in [0.2, 0.25) is 10.0 Å². The summed E-state index contributed by atoms with van der Waals surface area (Å²) in [4.78, 5) is 88.5. The maximum atomic E-state index is 14.5. The van der Waals surface area contributed by atoms with Crippen molar-refractivity contribution in [3.8, 4) is 11.4 Å². The minimum Gasteiger partial charge on any atom is -0.778 e. The smallest absolute Gasteiger partial charge is 0.355 e. The van der Waals surface area contributed by atoms with Gasteiger partial charge in [0.2, 0.25) is 0 Å². The van der Waals surface area contributed by atoms with Crippen molar-refractivity contribution in [3.05, 3.63) is 79.0 Å². The van der Waals surface area contributed by atoms with E-state index in [4.69, 9.17) is 59.4 Å². The fourth-order valence-corrected chi connectivity index (χ4v) is 6.81. The Morgan fingerprint density at radius 2 is 1.51 bits per heavy atom. The zero-order valence-corrected chi connectivity index (χ0v) is 40.6. The predicted octanol–water partition coefficient (Wildman–Crippen LogP) is 5.76. The van der Waals surface area contributed by atoms with Crippen LogP contribution in [0, 0.1) is 18.6 Å². The summed E-state index contributed by atoms with van der Waals surface area (Å²) >= 11 is 17.5. The highest BCUT2D eigenvalue weighted by Gasteiger charge is 2.41. The summed E-state index contributed by atoms with van der Waals surface area (Å²) in [6.07, 6.45) is 11.0. The first kappa shape index (κ1) is 58.6. The van der Waals surface area contributed by atoms with Gasteiger partial charge in [0, 0.05) is 28.7 Å². The molecule has 0 spiro atoms. The number of benzene rings is 2. The lowest BCUT2D eigenvalue weighted by Gasteiger charge is -2.18. The number of carboxylic acid groups (broad SMARTS) is 2. The van der Waals surface area contributed by atoms with E-state index in [1.807, 2.05) is 12.2 Å². The Labute approximate surface area is 399 Å². The second-order valence-corrected chi connectivity index (χ2v) is 20.1. The van der Waals surface area contributed by atoms with Crippen molar-refractivity contribution in [2.75, 3.05) is 49.7 Å². The van der Waals surface area contributed by atoms with E-state index < -0.39 is 91.7 Å². The number of rotatable bonds is 17. The Balaban J connectivity index is 0.000000363. The number of imide groups is 1. The highest BCUT2D eigenvalue weighted by molar-refractivity contribution is 7.94. The van der Waals surface area contributed by atoms with Gasteiger partial charge in [-0.25, -0.2) is 27.8 Å². The van der Waals surface area contributed by atoms with Crippen LogP contribution < -0.4 is 25.5 Å². The summed E-state index contributed by atoms with van der Waals surface area (Å²) in [5, 5.41) is 20.9. The van der Waals surface area contributed by atoms with Gasteiger partial charge in [0.1, 0.15) is 36.1 Å².